The summed E-state index contributed by atoms with van der Waals surface area (Å²) in [5.41, 5.74) is 9.77. The lowest BCUT2D eigenvalue weighted by Crippen LogP contribution is -2.22. The highest BCUT2D eigenvalue weighted by Crippen LogP contribution is 2.45. The molecule has 1 atom stereocenters. The fraction of sp³-hybridized carbons (Fsp3) is 0.154. The maximum absolute atomic E-state index is 12.3. The van der Waals surface area contributed by atoms with Gasteiger partial charge in [0, 0.05) is 21.7 Å². The Hall–Kier alpha value is -3.66. The summed E-state index contributed by atoms with van der Waals surface area (Å²) in [6.45, 7) is 3.71. The van der Waals surface area contributed by atoms with Crippen LogP contribution < -0.4 is 19.9 Å². The SMILES string of the molecule is Cc1ccc(OCC(=O)Oc2ccc3c(c2)OC(N)=C(C#N)C3c2ccc(Cl)cc2Cl)cc1C. The molecule has 0 spiro atoms. The molecule has 1 aliphatic heterocycles. The number of nitrogens with two attached hydrogens (primary N) is 1. The Morgan fingerprint density at radius 3 is 2.47 bits per heavy atom. The van der Waals surface area contributed by atoms with Crippen LogP contribution >= 0.6 is 23.2 Å². The van der Waals surface area contributed by atoms with Gasteiger partial charge in [-0.25, -0.2) is 4.79 Å². The van der Waals surface area contributed by atoms with Crippen LogP contribution in [0.1, 0.15) is 28.2 Å². The van der Waals surface area contributed by atoms with E-state index in [9.17, 15) is 10.1 Å². The molecule has 1 heterocycles. The van der Waals surface area contributed by atoms with Gasteiger partial charge in [-0.05, 0) is 60.9 Å². The van der Waals surface area contributed by atoms with Gasteiger partial charge >= 0.3 is 5.97 Å². The maximum atomic E-state index is 12.3. The van der Waals surface area contributed by atoms with E-state index in [1.54, 1.807) is 42.5 Å². The zero-order valence-electron chi connectivity index (χ0n) is 18.4. The van der Waals surface area contributed by atoms with Crippen molar-refractivity contribution in [2.45, 2.75) is 19.8 Å². The van der Waals surface area contributed by atoms with Gasteiger partial charge in [-0.15, -0.1) is 0 Å². The monoisotopic (exact) mass is 494 g/mol. The van der Waals surface area contributed by atoms with Gasteiger partial charge in [0.2, 0.25) is 5.88 Å². The first-order valence-electron chi connectivity index (χ1n) is 10.3. The van der Waals surface area contributed by atoms with Crippen molar-refractivity contribution >= 4 is 29.2 Å². The summed E-state index contributed by atoms with van der Waals surface area (Å²) < 4.78 is 16.6. The number of hydrogen-bond acceptors (Lipinski definition) is 6. The van der Waals surface area contributed by atoms with Crippen molar-refractivity contribution in [3.05, 3.63) is 98.4 Å². The van der Waals surface area contributed by atoms with E-state index in [1.807, 2.05) is 26.0 Å². The number of benzene rings is 3. The number of fused-ring (bicyclic) bond motifs is 1. The predicted octanol–water partition coefficient (Wildman–Crippen LogP) is 5.81. The minimum Gasteiger partial charge on any atom is -0.482 e. The Labute approximate surface area is 207 Å². The maximum Gasteiger partial charge on any atom is 0.349 e. The van der Waals surface area contributed by atoms with E-state index >= 15 is 0 Å². The third-order valence-electron chi connectivity index (χ3n) is 5.53. The molecule has 0 saturated heterocycles. The predicted molar refractivity (Wildman–Crippen MR) is 129 cm³/mol. The van der Waals surface area contributed by atoms with Crippen LogP contribution in [-0.4, -0.2) is 12.6 Å². The van der Waals surface area contributed by atoms with Crippen LogP contribution in [0.25, 0.3) is 0 Å². The first-order chi connectivity index (χ1) is 16.3. The molecule has 1 aliphatic rings. The molecule has 0 bridgehead atoms. The molecule has 0 saturated carbocycles. The van der Waals surface area contributed by atoms with E-state index in [2.05, 4.69) is 6.07 Å². The molecule has 6 nitrogen and oxygen atoms in total. The van der Waals surface area contributed by atoms with E-state index in [4.69, 9.17) is 43.1 Å². The fourth-order valence-corrected chi connectivity index (χ4v) is 4.18. The molecule has 8 heteroatoms. The molecule has 3 aromatic carbocycles. The minimum atomic E-state index is -0.576. The van der Waals surface area contributed by atoms with Crippen LogP contribution in [0, 0.1) is 25.2 Å². The molecule has 2 N–H and O–H groups in total. The number of carbonyl (C=O) groups excluding carboxylic acids is 1. The lowest BCUT2D eigenvalue weighted by molar-refractivity contribution is -0.136. The zero-order valence-corrected chi connectivity index (χ0v) is 19.9. The molecule has 0 fully saturated rings. The van der Waals surface area contributed by atoms with Gasteiger partial charge in [0.15, 0.2) is 6.61 Å². The highest BCUT2D eigenvalue weighted by Gasteiger charge is 2.32. The normalized spacial score (nSPS) is 14.6. The van der Waals surface area contributed by atoms with Gasteiger partial charge in [-0.1, -0.05) is 41.4 Å². The third-order valence-corrected chi connectivity index (χ3v) is 6.09. The average Bonchev–Trinajstić information content (AvgIpc) is 2.79. The van der Waals surface area contributed by atoms with Gasteiger partial charge < -0.3 is 19.9 Å². The Bertz CT molecular complexity index is 1360. The quantitative estimate of drug-likeness (QED) is 0.355. The Morgan fingerprint density at radius 2 is 1.76 bits per heavy atom. The van der Waals surface area contributed by atoms with Crippen molar-refractivity contribution in [2.75, 3.05) is 6.61 Å². The molecule has 0 amide bonds. The standard InChI is InChI=1S/C26H20Cl2N2O4/c1-14-3-5-17(9-15(14)2)32-13-24(31)33-18-6-8-20-23(11-18)34-26(30)21(12-29)25(20)19-7-4-16(27)10-22(19)28/h3-11,25H,13,30H2,1-2H3. The van der Waals surface area contributed by atoms with E-state index in [0.717, 1.165) is 11.1 Å². The molecule has 0 aromatic heterocycles. The lowest BCUT2D eigenvalue weighted by Gasteiger charge is -2.27. The topological polar surface area (TPSA) is 94.6 Å². The molecular weight excluding hydrogens is 475 g/mol. The Kier molecular flexibility index (Phi) is 6.69. The highest BCUT2D eigenvalue weighted by atomic mass is 35.5. The number of halogens is 2. The Morgan fingerprint density at radius 1 is 1.03 bits per heavy atom. The van der Waals surface area contributed by atoms with Crippen molar-refractivity contribution in [1.82, 2.24) is 0 Å². The van der Waals surface area contributed by atoms with Gasteiger partial charge in [0.1, 0.15) is 28.9 Å². The van der Waals surface area contributed by atoms with E-state index in [1.165, 1.54) is 0 Å². The van der Waals surface area contributed by atoms with E-state index in [0.29, 0.717) is 32.7 Å². The summed E-state index contributed by atoms with van der Waals surface area (Å²) in [7, 11) is 0. The molecule has 0 aliphatic carbocycles. The number of aryl methyl sites for hydroxylation is 2. The van der Waals surface area contributed by atoms with Gasteiger partial charge in [0.05, 0.1) is 5.92 Å². The third kappa shape index (κ3) is 4.81. The number of esters is 1. The van der Waals surface area contributed by atoms with Gasteiger partial charge in [-0.2, -0.15) is 5.26 Å². The van der Waals surface area contributed by atoms with Gasteiger partial charge in [0.25, 0.3) is 0 Å². The largest absolute Gasteiger partial charge is 0.482 e. The molecule has 172 valence electrons. The minimum absolute atomic E-state index is 0.0485. The molecule has 4 rings (SSSR count). The second-order valence-electron chi connectivity index (χ2n) is 7.80. The van der Waals surface area contributed by atoms with Crippen LogP contribution in [0.15, 0.2) is 66.1 Å². The molecular formula is C26H20Cl2N2O4. The molecule has 1 unspecified atom stereocenters. The van der Waals surface area contributed by atoms with Crippen LogP contribution in [0.3, 0.4) is 0 Å². The van der Waals surface area contributed by atoms with Crippen LogP contribution in [-0.2, 0) is 4.79 Å². The first kappa shape index (κ1) is 23.5. The summed E-state index contributed by atoms with van der Waals surface area (Å²) in [5, 5.41) is 10.6. The van der Waals surface area contributed by atoms with Crippen molar-refractivity contribution < 1.29 is 19.0 Å². The lowest BCUT2D eigenvalue weighted by atomic mass is 9.83. The number of carbonyl (C=O) groups is 1. The summed E-state index contributed by atoms with van der Waals surface area (Å²) in [5.74, 6) is 0.00408. The van der Waals surface area contributed by atoms with E-state index < -0.39 is 11.9 Å². The van der Waals surface area contributed by atoms with Crippen LogP contribution in [0.4, 0.5) is 0 Å². The number of ether oxygens (including phenoxy) is 3. The second kappa shape index (κ2) is 9.68. The fourth-order valence-electron chi connectivity index (χ4n) is 3.66. The Balaban J connectivity index is 1.56. The van der Waals surface area contributed by atoms with Crippen molar-refractivity contribution in [3.8, 4) is 23.3 Å². The first-order valence-corrected chi connectivity index (χ1v) is 11.1. The number of nitriles is 1. The molecule has 3 aromatic rings. The highest BCUT2D eigenvalue weighted by molar-refractivity contribution is 6.35. The molecule has 34 heavy (non-hydrogen) atoms. The van der Waals surface area contributed by atoms with Gasteiger partial charge in [-0.3, -0.25) is 0 Å². The van der Waals surface area contributed by atoms with E-state index in [-0.39, 0.29) is 23.8 Å². The number of nitrogens with zero attached hydrogens (tertiary/aromatic N) is 1. The summed E-state index contributed by atoms with van der Waals surface area (Å²) in [6, 6.07) is 17.6. The van der Waals surface area contributed by atoms with Crippen LogP contribution in [0.2, 0.25) is 10.0 Å². The number of hydrogen-bond donors (Lipinski definition) is 1. The second-order valence-corrected chi connectivity index (χ2v) is 8.64. The van der Waals surface area contributed by atoms with Crippen molar-refractivity contribution in [3.63, 3.8) is 0 Å². The zero-order chi connectivity index (χ0) is 24.4. The summed E-state index contributed by atoms with van der Waals surface area (Å²) in [4.78, 5) is 12.3. The van der Waals surface area contributed by atoms with Crippen LogP contribution in [0.5, 0.6) is 17.2 Å². The average molecular weight is 495 g/mol. The number of allylic oxidation sites excluding steroid dienone is 1. The smallest absolute Gasteiger partial charge is 0.349 e. The summed E-state index contributed by atoms with van der Waals surface area (Å²) in [6.07, 6.45) is 0. The summed E-state index contributed by atoms with van der Waals surface area (Å²) >= 11 is 12.5. The molecule has 0 radical (unpaired) electrons. The van der Waals surface area contributed by atoms with Crippen molar-refractivity contribution in [2.24, 2.45) is 5.73 Å². The number of rotatable bonds is 5. The van der Waals surface area contributed by atoms with Crippen molar-refractivity contribution in [1.29, 1.82) is 5.26 Å².